The maximum Gasteiger partial charge on any atom is 0.0541 e. The topological polar surface area (TPSA) is 21.9 Å². The van der Waals surface area contributed by atoms with Crippen molar-refractivity contribution in [3.8, 4) is 5.69 Å². The quantitative estimate of drug-likeness (QED) is 0.184. The number of aryl methyl sites for hydroxylation is 1. The Hall–Kier alpha value is -6.58. The highest BCUT2D eigenvalue weighted by Crippen LogP contribution is 2.49. The zero-order valence-corrected chi connectivity index (χ0v) is 37.5. The van der Waals surface area contributed by atoms with E-state index >= 15 is 0 Å². The lowest BCUT2D eigenvalue weighted by molar-refractivity contribution is 0.553. The van der Waals surface area contributed by atoms with Crippen LogP contribution >= 0.6 is 0 Å². The standard InChI is InChI=1S/C41H44N2.C18H13N/c1-39(2,3)29-15-17-36-34(24-29)32-16-14-26(22-37(32)43(36)8)27-18-19-41(7,38(23-27)42-31-12-10-9-11-13-31)35-25-30(40(4,5)6)20-28-21-33(28)35;1-2-8-14(9-3-1)19-17-12-6-4-10-15(17)16-11-5-7-13-18(16)19/h9-18,20,22-25,42H,19,21H2,1-8H3;1-13H. The normalized spacial score (nSPS) is 16.2. The number of aromatic nitrogens is 2. The first-order valence-corrected chi connectivity index (χ1v) is 22.3. The van der Waals surface area contributed by atoms with Crippen LogP contribution in [0.2, 0.25) is 0 Å². The molecule has 3 nitrogen and oxygen atoms in total. The maximum atomic E-state index is 3.88. The summed E-state index contributed by atoms with van der Waals surface area (Å²) in [6.07, 6.45) is 6.95. The molecule has 2 aromatic heterocycles. The maximum absolute atomic E-state index is 3.88. The Labute approximate surface area is 367 Å². The highest BCUT2D eigenvalue weighted by atomic mass is 15.0. The fourth-order valence-corrected chi connectivity index (χ4v) is 9.69. The second kappa shape index (κ2) is 14.8. The summed E-state index contributed by atoms with van der Waals surface area (Å²) >= 11 is 0. The highest BCUT2D eigenvalue weighted by Gasteiger charge is 2.40. The molecule has 11 rings (SSSR count). The number of nitrogens with zero attached hydrogens (tertiary/aromatic N) is 2. The van der Waals surface area contributed by atoms with Gasteiger partial charge < -0.3 is 14.5 Å². The average molecular weight is 808 g/mol. The average Bonchev–Trinajstić information content (AvgIpc) is 3.92. The third-order valence-corrected chi connectivity index (χ3v) is 13.5. The second-order valence-corrected chi connectivity index (χ2v) is 19.8. The van der Waals surface area contributed by atoms with E-state index in [-0.39, 0.29) is 16.2 Å². The van der Waals surface area contributed by atoms with Crippen LogP contribution in [0.3, 0.4) is 0 Å². The van der Waals surface area contributed by atoms with E-state index in [1.807, 2.05) is 0 Å². The Balaban J connectivity index is 0.000000199. The fraction of sp³-hybridized carbons (Fsp3) is 0.220. The number of para-hydroxylation sites is 4. The van der Waals surface area contributed by atoms with Gasteiger partial charge in [-0.2, -0.15) is 0 Å². The SMILES string of the molecule is Cn1c2ccc(C(C)(C)C)cc2c2ccc(C3=CCC(C)(c4cc(C(C)(C)C)cc5c4C5)C(Nc4ccccc4)=C3)cc21.c1ccc(-n2c3ccccc3c3ccccc32)cc1. The van der Waals surface area contributed by atoms with Gasteiger partial charge in [-0.1, -0.05) is 151 Å². The number of hydrogen-bond acceptors (Lipinski definition) is 1. The Bertz CT molecular complexity index is 3180. The van der Waals surface area contributed by atoms with Gasteiger partial charge in [-0.25, -0.2) is 0 Å². The number of hydrogen-bond donors (Lipinski definition) is 1. The minimum Gasteiger partial charge on any atom is -0.358 e. The molecule has 1 unspecified atom stereocenters. The molecule has 2 aliphatic carbocycles. The van der Waals surface area contributed by atoms with Gasteiger partial charge in [0, 0.05) is 62.1 Å². The molecule has 0 radical (unpaired) electrons. The van der Waals surface area contributed by atoms with Crippen molar-refractivity contribution in [3.05, 3.63) is 209 Å². The zero-order valence-electron chi connectivity index (χ0n) is 37.5. The predicted octanol–water partition coefficient (Wildman–Crippen LogP) is 15.4. The molecule has 0 fully saturated rings. The number of benzene rings is 7. The Kier molecular flexibility index (Phi) is 9.44. The molecule has 9 aromatic rings. The van der Waals surface area contributed by atoms with E-state index in [1.54, 1.807) is 5.56 Å². The van der Waals surface area contributed by atoms with Crippen molar-refractivity contribution in [1.29, 1.82) is 0 Å². The van der Waals surface area contributed by atoms with Crippen molar-refractivity contribution in [2.24, 2.45) is 7.05 Å². The highest BCUT2D eigenvalue weighted by molar-refractivity contribution is 6.10. The third kappa shape index (κ3) is 6.94. The summed E-state index contributed by atoms with van der Waals surface area (Å²) in [5, 5.41) is 9.16. The predicted molar refractivity (Wildman–Crippen MR) is 266 cm³/mol. The number of rotatable bonds is 5. The molecule has 0 amide bonds. The second-order valence-electron chi connectivity index (χ2n) is 19.8. The number of allylic oxidation sites excluding steroid dienone is 4. The summed E-state index contributed by atoms with van der Waals surface area (Å²) < 4.78 is 4.68. The summed E-state index contributed by atoms with van der Waals surface area (Å²) in [7, 11) is 2.20. The van der Waals surface area contributed by atoms with E-state index in [9.17, 15) is 0 Å². The van der Waals surface area contributed by atoms with Crippen molar-refractivity contribution in [3.63, 3.8) is 0 Å². The number of fused-ring (bicyclic) bond motifs is 7. The van der Waals surface area contributed by atoms with Crippen LogP contribution in [0.15, 0.2) is 176 Å². The molecule has 0 spiro atoms. The molecule has 0 bridgehead atoms. The van der Waals surface area contributed by atoms with Crippen molar-refractivity contribution >= 4 is 54.9 Å². The molecular weight excluding hydrogens is 751 g/mol. The molecule has 62 heavy (non-hydrogen) atoms. The van der Waals surface area contributed by atoms with E-state index in [1.165, 1.54) is 88.4 Å². The van der Waals surface area contributed by atoms with E-state index in [0.717, 1.165) is 18.5 Å². The van der Waals surface area contributed by atoms with Crippen LogP contribution in [-0.2, 0) is 29.7 Å². The largest absolute Gasteiger partial charge is 0.358 e. The molecule has 1 N–H and O–H groups in total. The van der Waals surface area contributed by atoms with Crippen molar-refractivity contribution in [2.45, 2.75) is 77.6 Å². The lowest BCUT2D eigenvalue weighted by atomic mass is 9.71. The molecule has 2 aliphatic rings. The van der Waals surface area contributed by atoms with Crippen molar-refractivity contribution in [1.82, 2.24) is 9.13 Å². The van der Waals surface area contributed by atoms with Crippen LogP contribution < -0.4 is 5.32 Å². The zero-order chi connectivity index (χ0) is 43.0. The first kappa shape index (κ1) is 39.5. The number of nitrogens with one attached hydrogen (secondary N) is 1. The van der Waals surface area contributed by atoms with Crippen LogP contribution in [0, 0.1) is 0 Å². The first-order valence-electron chi connectivity index (χ1n) is 22.3. The Morgan fingerprint density at radius 2 is 1.16 bits per heavy atom. The molecule has 2 heterocycles. The molecule has 1 atom stereocenters. The van der Waals surface area contributed by atoms with Crippen LogP contribution in [-0.4, -0.2) is 9.13 Å². The monoisotopic (exact) mass is 807 g/mol. The van der Waals surface area contributed by atoms with Crippen LogP contribution in [0.5, 0.6) is 0 Å². The first-order chi connectivity index (χ1) is 29.8. The van der Waals surface area contributed by atoms with Gasteiger partial charge in [0.1, 0.15) is 0 Å². The lowest BCUT2D eigenvalue weighted by Crippen LogP contribution is -2.31. The Morgan fingerprint density at radius 3 is 1.82 bits per heavy atom. The van der Waals surface area contributed by atoms with Crippen LogP contribution in [0.25, 0.3) is 54.9 Å². The van der Waals surface area contributed by atoms with E-state index in [2.05, 4.69) is 240 Å². The van der Waals surface area contributed by atoms with E-state index < -0.39 is 0 Å². The molecular formula is C59H57N3. The molecule has 0 aliphatic heterocycles. The molecule has 7 aromatic carbocycles. The summed E-state index contributed by atoms with van der Waals surface area (Å²) in [6, 6.07) is 57.3. The van der Waals surface area contributed by atoms with Crippen LogP contribution in [0.4, 0.5) is 5.69 Å². The van der Waals surface area contributed by atoms with Crippen molar-refractivity contribution < 1.29 is 0 Å². The van der Waals surface area contributed by atoms with E-state index in [0.29, 0.717) is 0 Å². The van der Waals surface area contributed by atoms with Gasteiger partial charge in [0.05, 0.1) is 11.0 Å². The van der Waals surface area contributed by atoms with E-state index in [4.69, 9.17) is 0 Å². The third-order valence-electron chi connectivity index (χ3n) is 13.5. The minimum absolute atomic E-state index is 0.122. The molecule has 308 valence electrons. The summed E-state index contributed by atoms with van der Waals surface area (Å²) in [5.41, 5.74) is 18.7. The van der Waals surface area contributed by atoms with Gasteiger partial charge >= 0.3 is 0 Å². The minimum atomic E-state index is -0.131. The summed E-state index contributed by atoms with van der Waals surface area (Å²) in [6.45, 7) is 16.3. The Morgan fingerprint density at radius 1 is 0.548 bits per heavy atom. The van der Waals surface area contributed by atoms with Gasteiger partial charge in [0.15, 0.2) is 0 Å². The van der Waals surface area contributed by atoms with Gasteiger partial charge in [0.2, 0.25) is 0 Å². The van der Waals surface area contributed by atoms with Crippen LogP contribution in [0.1, 0.15) is 88.3 Å². The van der Waals surface area contributed by atoms with Gasteiger partial charge in [-0.3, -0.25) is 0 Å². The summed E-state index contributed by atoms with van der Waals surface area (Å²) in [4.78, 5) is 0. The van der Waals surface area contributed by atoms with Crippen molar-refractivity contribution in [2.75, 3.05) is 5.32 Å². The summed E-state index contributed by atoms with van der Waals surface area (Å²) in [5.74, 6) is 0. The number of anilines is 1. The smallest absolute Gasteiger partial charge is 0.0541 e. The lowest BCUT2D eigenvalue weighted by Gasteiger charge is -2.37. The molecule has 0 saturated carbocycles. The van der Waals surface area contributed by atoms with Gasteiger partial charge in [-0.15, -0.1) is 0 Å². The van der Waals surface area contributed by atoms with Gasteiger partial charge in [0.25, 0.3) is 0 Å². The van der Waals surface area contributed by atoms with Gasteiger partial charge in [-0.05, 0) is 130 Å². The molecule has 3 heteroatoms. The molecule has 0 saturated heterocycles. The fourth-order valence-electron chi connectivity index (χ4n) is 9.69.